The van der Waals surface area contributed by atoms with Gasteiger partial charge in [-0.3, -0.25) is 5.32 Å². The van der Waals surface area contributed by atoms with Gasteiger partial charge in [-0.2, -0.15) is 0 Å². The van der Waals surface area contributed by atoms with E-state index in [-0.39, 0.29) is 24.3 Å². The number of anilines is 4. The molecule has 0 saturated carbocycles. The van der Waals surface area contributed by atoms with Gasteiger partial charge in [-0.15, -0.1) is 0 Å². The Morgan fingerprint density at radius 3 is 2.09 bits per heavy atom. The average molecular weight is 748 g/mol. The lowest BCUT2D eigenvalue weighted by Crippen LogP contribution is -2.45. The van der Waals surface area contributed by atoms with E-state index in [0.29, 0.717) is 5.92 Å². The summed E-state index contributed by atoms with van der Waals surface area (Å²) in [4.78, 5) is 10.5. The van der Waals surface area contributed by atoms with Crippen LogP contribution in [0.15, 0.2) is 199 Å². The number of hydrogen-bond acceptors (Lipinski definition) is 5. The molecule has 5 unspecified atom stereocenters. The minimum Gasteiger partial charge on any atom is -0.350 e. The van der Waals surface area contributed by atoms with Crippen molar-refractivity contribution < 1.29 is 0 Å². The monoisotopic (exact) mass is 747 g/mol. The first kappa shape index (κ1) is 33.2. The Morgan fingerprint density at radius 1 is 0.552 bits per heavy atom. The van der Waals surface area contributed by atoms with Crippen molar-refractivity contribution >= 4 is 45.4 Å². The highest BCUT2D eigenvalue weighted by molar-refractivity contribution is 6.14. The molecule has 3 aliphatic heterocycles. The lowest BCUT2D eigenvalue weighted by molar-refractivity contribution is 0.409. The number of fused-ring (bicyclic) bond motifs is 8. The van der Waals surface area contributed by atoms with Crippen LogP contribution in [0, 0.1) is 0 Å². The third kappa shape index (κ3) is 5.17. The van der Waals surface area contributed by atoms with Gasteiger partial charge in [-0.05, 0) is 76.0 Å². The van der Waals surface area contributed by atoms with Crippen LogP contribution in [0.25, 0.3) is 16.8 Å². The second-order valence-electron chi connectivity index (χ2n) is 15.9. The predicted octanol–water partition coefficient (Wildman–Crippen LogP) is 11.7. The average Bonchev–Trinajstić information content (AvgIpc) is 3.80. The fourth-order valence-corrected chi connectivity index (χ4v) is 10.2. The summed E-state index contributed by atoms with van der Waals surface area (Å²) in [5, 5.41) is 9.92. The number of allylic oxidation sites excluding steroid dienone is 3. The topological polar surface area (TPSA) is 42.9 Å². The van der Waals surface area contributed by atoms with Crippen LogP contribution in [-0.4, -0.2) is 11.9 Å². The van der Waals surface area contributed by atoms with Gasteiger partial charge in [0, 0.05) is 51.1 Å². The van der Waals surface area contributed by atoms with Crippen LogP contribution in [-0.2, 0) is 6.42 Å². The molecule has 58 heavy (non-hydrogen) atoms. The summed E-state index contributed by atoms with van der Waals surface area (Å²) in [5.41, 5.74) is 15.2. The van der Waals surface area contributed by atoms with Crippen molar-refractivity contribution in [2.24, 2.45) is 4.99 Å². The van der Waals surface area contributed by atoms with E-state index >= 15 is 0 Å². The number of amidine groups is 1. The standard InChI is InChI=1S/C53H41N5/c1-3-16-34(17-4-1)51-54-52(35-18-5-2-6-19-35)56-53(55-51)42-30-31-49(38-22-8-7-21-37(38)42)58-47-28-14-11-25-41(47)44-32-36-20-15-29-48(43(36)33-50(44)58)57-45-26-12-9-23-39(45)40-24-10-13-27-46(40)57/h1-31,33,39,44-45,51-52,54H,32H2,(H,55,56). The molecule has 0 spiro atoms. The molecule has 3 heterocycles. The summed E-state index contributed by atoms with van der Waals surface area (Å²) in [6.07, 6.45) is 12.3. The van der Waals surface area contributed by atoms with E-state index in [1.54, 1.807) is 0 Å². The SMILES string of the molecule is C1=CC2c3ccccc3N(c3cccc4c3C=C3C(C4)c4ccccc4N3c3ccc(C4=NC(c5ccccc5)NC(c5ccccc5)N4)c4ccccc34)C2C=C1. The Balaban J connectivity index is 1.00. The molecule has 5 heteroatoms. The van der Waals surface area contributed by atoms with Crippen LogP contribution >= 0.6 is 0 Å². The molecule has 0 aromatic heterocycles. The number of para-hydroxylation sites is 2. The number of aliphatic imine (C=N–C) groups is 1. The van der Waals surface area contributed by atoms with Crippen molar-refractivity contribution in [3.05, 3.63) is 233 Å². The maximum absolute atomic E-state index is 5.35. The Bertz CT molecular complexity index is 2870. The Kier molecular flexibility index (Phi) is 7.63. The lowest BCUT2D eigenvalue weighted by Gasteiger charge is -2.34. The number of nitrogens with zero attached hydrogens (tertiary/aromatic N) is 3. The Hall–Kier alpha value is -6.95. The predicted molar refractivity (Wildman–Crippen MR) is 238 cm³/mol. The number of nitrogens with one attached hydrogen (secondary N) is 2. The minimum absolute atomic E-state index is 0.108. The van der Waals surface area contributed by atoms with Gasteiger partial charge in [0.2, 0.25) is 0 Å². The van der Waals surface area contributed by atoms with E-state index in [2.05, 4.69) is 215 Å². The molecule has 0 saturated heterocycles. The zero-order valence-electron chi connectivity index (χ0n) is 31.9. The second-order valence-corrected chi connectivity index (χ2v) is 15.9. The zero-order chi connectivity index (χ0) is 38.2. The van der Waals surface area contributed by atoms with Crippen LogP contribution in [0.1, 0.15) is 63.1 Å². The molecule has 5 atom stereocenters. The quantitative estimate of drug-likeness (QED) is 0.184. The number of benzene rings is 7. The molecule has 0 amide bonds. The van der Waals surface area contributed by atoms with Gasteiger partial charge in [-0.25, -0.2) is 4.99 Å². The van der Waals surface area contributed by atoms with E-state index in [0.717, 1.165) is 23.4 Å². The van der Waals surface area contributed by atoms with E-state index < -0.39 is 0 Å². The molecule has 7 aromatic carbocycles. The highest BCUT2D eigenvalue weighted by Crippen LogP contribution is 2.55. The van der Waals surface area contributed by atoms with Crippen molar-refractivity contribution in [2.75, 3.05) is 9.80 Å². The Morgan fingerprint density at radius 2 is 1.24 bits per heavy atom. The van der Waals surface area contributed by atoms with Crippen LogP contribution < -0.4 is 20.4 Å². The zero-order valence-corrected chi connectivity index (χ0v) is 31.9. The van der Waals surface area contributed by atoms with Crippen LogP contribution in [0.5, 0.6) is 0 Å². The van der Waals surface area contributed by atoms with Crippen LogP contribution in [0.4, 0.5) is 22.7 Å². The van der Waals surface area contributed by atoms with Gasteiger partial charge in [0.1, 0.15) is 18.2 Å². The summed E-state index contributed by atoms with van der Waals surface area (Å²) in [6, 6.07) is 59.8. The second kappa shape index (κ2) is 13.3. The van der Waals surface area contributed by atoms with Gasteiger partial charge in [0.25, 0.3) is 0 Å². The van der Waals surface area contributed by atoms with E-state index in [4.69, 9.17) is 4.99 Å². The van der Waals surface area contributed by atoms with E-state index in [9.17, 15) is 0 Å². The normalized spacial score (nSPS) is 22.3. The van der Waals surface area contributed by atoms with E-state index in [1.807, 2.05) is 0 Å². The number of hydrogen-bond donors (Lipinski definition) is 2. The summed E-state index contributed by atoms with van der Waals surface area (Å²) in [5.74, 6) is 1.47. The maximum Gasteiger partial charge on any atom is 0.132 e. The van der Waals surface area contributed by atoms with Crippen molar-refractivity contribution in [1.82, 2.24) is 10.6 Å². The van der Waals surface area contributed by atoms with Crippen molar-refractivity contribution in [3.63, 3.8) is 0 Å². The fraction of sp³-hybridized carbons (Fsp3) is 0.113. The smallest absolute Gasteiger partial charge is 0.132 e. The first-order valence-electron chi connectivity index (χ1n) is 20.5. The molecular formula is C53H41N5. The summed E-state index contributed by atoms with van der Waals surface area (Å²) in [6.45, 7) is 0. The highest BCUT2D eigenvalue weighted by atomic mass is 15.3. The van der Waals surface area contributed by atoms with Crippen molar-refractivity contribution in [3.8, 4) is 0 Å². The molecule has 0 fully saturated rings. The summed E-state index contributed by atoms with van der Waals surface area (Å²) >= 11 is 0. The van der Waals surface area contributed by atoms with Gasteiger partial charge in [-0.1, -0.05) is 158 Å². The van der Waals surface area contributed by atoms with Crippen molar-refractivity contribution in [1.29, 1.82) is 0 Å². The van der Waals surface area contributed by atoms with Gasteiger partial charge in [0.05, 0.1) is 11.7 Å². The minimum atomic E-state index is -0.202. The third-order valence-corrected chi connectivity index (χ3v) is 12.8. The maximum atomic E-state index is 5.35. The summed E-state index contributed by atoms with van der Waals surface area (Å²) < 4.78 is 0. The Labute approximate surface area is 339 Å². The number of rotatable bonds is 5. The van der Waals surface area contributed by atoms with Gasteiger partial charge >= 0.3 is 0 Å². The molecule has 0 radical (unpaired) electrons. The molecule has 5 aliphatic rings. The fourth-order valence-electron chi connectivity index (χ4n) is 10.2. The molecular weight excluding hydrogens is 707 g/mol. The molecule has 12 rings (SSSR count). The summed E-state index contributed by atoms with van der Waals surface area (Å²) in [7, 11) is 0. The van der Waals surface area contributed by atoms with E-state index in [1.165, 1.54) is 67.0 Å². The molecule has 5 nitrogen and oxygen atoms in total. The van der Waals surface area contributed by atoms with Crippen molar-refractivity contribution in [2.45, 2.75) is 36.6 Å². The largest absolute Gasteiger partial charge is 0.350 e. The molecule has 7 aromatic rings. The van der Waals surface area contributed by atoms with Crippen LogP contribution in [0.2, 0.25) is 0 Å². The van der Waals surface area contributed by atoms with Gasteiger partial charge < -0.3 is 15.1 Å². The molecule has 278 valence electrons. The first-order valence-corrected chi connectivity index (χ1v) is 20.5. The van der Waals surface area contributed by atoms with Crippen LogP contribution in [0.3, 0.4) is 0 Å². The lowest BCUT2D eigenvalue weighted by atomic mass is 9.83. The molecule has 0 bridgehead atoms. The highest BCUT2D eigenvalue weighted by Gasteiger charge is 2.41. The molecule has 2 N–H and O–H groups in total. The van der Waals surface area contributed by atoms with Gasteiger partial charge in [0.15, 0.2) is 0 Å². The molecule has 2 aliphatic carbocycles. The third-order valence-electron chi connectivity index (χ3n) is 12.8. The first-order chi connectivity index (χ1) is 28.8.